The van der Waals surface area contributed by atoms with Crippen molar-refractivity contribution in [3.8, 4) is 6.07 Å². The molecule has 0 bridgehead atoms. The molecule has 150 valence electrons. The maximum absolute atomic E-state index is 13.9. The standard InChI is InChI=1S/C20H25FN4O3/c1-14(2)11-17(20(27)28)23-19(26)15(12-22)13-24-7-9-25(10-8-24)18-6-4-3-5-16(18)21/h3-6,13-14,17H,7-11H2,1-2H3,(H,23,26)(H,27,28)/b15-13-. The molecule has 0 radical (unpaired) electrons. The predicted molar refractivity (Wildman–Crippen MR) is 103 cm³/mol. The summed E-state index contributed by atoms with van der Waals surface area (Å²) in [6.07, 6.45) is 1.73. The number of amides is 1. The molecule has 0 spiro atoms. The number of rotatable bonds is 7. The molecule has 1 amide bonds. The third-order valence-corrected chi connectivity index (χ3v) is 4.49. The molecule has 7 nitrogen and oxygen atoms in total. The third-order valence-electron chi connectivity index (χ3n) is 4.49. The Morgan fingerprint density at radius 1 is 1.29 bits per heavy atom. The molecular weight excluding hydrogens is 363 g/mol. The average molecular weight is 388 g/mol. The lowest BCUT2D eigenvalue weighted by molar-refractivity contribution is -0.141. The molecule has 1 aliphatic heterocycles. The summed E-state index contributed by atoms with van der Waals surface area (Å²) in [7, 11) is 0. The predicted octanol–water partition coefficient (Wildman–Crippen LogP) is 1.97. The number of aliphatic carboxylic acids is 1. The van der Waals surface area contributed by atoms with Crippen LogP contribution in [0.2, 0.25) is 0 Å². The minimum atomic E-state index is -1.13. The molecule has 2 N–H and O–H groups in total. The van der Waals surface area contributed by atoms with Crippen molar-refractivity contribution in [3.63, 3.8) is 0 Å². The fraction of sp³-hybridized carbons (Fsp3) is 0.450. The molecule has 0 saturated carbocycles. The van der Waals surface area contributed by atoms with Crippen molar-refractivity contribution >= 4 is 17.6 Å². The summed E-state index contributed by atoms with van der Waals surface area (Å²) >= 11 is 0. The number of nitrogens with zero attached hydrogens (tertiary/aromatic N) is 3. The van der Waals surface area contributed by atoms with Crippen molar-refractivity contribution in [3.05, 3.63) is 41.9 Å². The van der Waals surface area contributed by atoms with E-state index < -0.39 is 17.9 Å². The second-order valence-electron chi connectivity index (χ2n) is 7.12. The number of carboxylic acid groups (broad SMARTS) is 1. The van der Waals surface area contributed by atoms with E-state index in [1.807, 2.05) is 29.7 Å². The Labute approximate surface area is 164 Å². The second kappa shape index (κ2) is 9.74. The van der Waals surface area contributed by atoms with Crippen LogP contribution in [0.1, 0.15) is 20.3 Å². The molecule has 1 atom stereocenters. The van der Waals surface area contributed by atoms with Gasteiger partial charge in [0.25, 0.3) is 5.91 Å². The Bertz CT molecular complexity index is 780. The molecule has 1 aliphatic rings. The molecule has 8 heteroatoms. The normalized spacial score (nSPS) is 15.9. The van der Waals surface area contributed by atoms with Crippen molar-refractivity contribution < 1.29 is 19.1 Å². The van der Waals surface area contributed by atoms with Crippen LogP contribution in [0.25, 0.3) is 0 Å². The first-order valence-electron chi connectivity index (χ1n) is 9.21. The van der Waals surface area contributed by atoms with Gasteiger partial charge in [-0.2, -0.15) is 5.26 Å². The van der Waals surface area contributed by atoms with Gasteiger partial charge in [-0.1, -0.05) is 26.0 Å². The van der Waals surface area contributed by atoms with Crippen LogP contribution in [0.4, 0.5) is 10.1 Å². The van der Waals surface area contributed by atoms with E-state index >= 15 is 0 Å². The Morgan fingerprint density at radius 3 is 2.46 bits per heavy atom. The third kappa shape index (κ3) is 5.71. The van der Waals surface area contributed by atoms with E-state index in [-0.39, 0.29) is 23.7 Å². The number of hydrogen-bond donors (Lipinski definition) is 2. The number of hydrogen-bond acceptors (Lipinski definition) is 5. The Morgan fingerprint density at radius 2 is 1.93 bits per heavy atom. The van der Waals surface area contributed by atoms with Gasteiger partial charge >= 0.3 is 5.97 Å². The average Bonchev–Trinajstić information content (AvgIpc) is 2.66. The fourth-order valence-electron chi connectivity index (χ4n) is 3.05. The molecule has 0 aliphatic carbocycles. The van der Waals surface area contributed by atoms with Crippen LogP contribution in [0.3, 0.4) is 0 Å². The van der Waals surface area contributed by atoms with Crippen LogP contribution in [-0.4, -0.2) is 54.1 Å². The number of piperazine rings is 1. The van der Waals surface area contributed by atoms with E-state index in [4.69, 9.17) is 0 Å². The van der Waals surface area contributed by atoms with Crippen molar-refractivity contribution in [2.45, 2.75) is 26.3 Å². The minimum absolute atomic E-state index is 0.0855. The zero-order valence-electron chi connectivity index (χ0n) is 16.1. The monoisotopic (exact) mass is 388 g/mol. The van der Waals surface area contributed by atoms with Crippen LogP contribution in [-0.2, 0) is 9.59 Å². The fourth-order valence-corrected chi connectivity index (χ4v) is 3.05. The van der Waals surface area contributed by atoms with Gasteiger partial charge in [-0.15, -0.1) is 0 Å². The summed E-state index contributed by atoms with van der Waals surface area (Å²) in [5.41, 5.74) is 0.386. The first-order chi connectivity index (χ1) is 13.3. The van der Waals surface area contributed by atoms with E-state index in [0.717, 1.165) is 0 Å². The summed E-state index contributed by atoms with van der Waals surface area (Å²) in [5.74, 6) is -2.03. The number of carbonyl (C=O) groups is 2. The molecular formula is C20H25FN4O3. The number of nitriles is 1. The van der Waals surface area contributed by atoms with Crippen LogP contribution >= 0.6 is 0 Å². The summed E-state index contributed by atoms with van der Waals surface area (Å²) < 4.78 is 13.9. The van der Waals surface area contributed by atoms with Gasteiger partial charge in [0.2, 0.25) is 0 Å². The highest BCUT2D eigenvalue weighted by atomic mass is 19.1. The number of halogens is 1. The number of nitrogens with one attached hydrogen (secondary N) is 1. The summed E-state index contributed by atoms with van der Waals surface area (Å²) in [4.78, 5) is 27.4. The number of anilines is 1. The van der Waals surface area contributed by atoms with Crippen LogP contribution in [0.15, 0.2) is 36.0 Å². The smallest absolute Gasteiger partial charge is 0.326 e. The van der Waals surface area contributed by atoms with Gasteiger partial charge in [0.05, 0.1) is 5.69 Å². The minimum Gasteiger partial charge on any atom is -0.480 e. The van der Waals surface area contributed by atoms with Gasteiger partial charge in [-0.25, -0.2) is 9.18 Å². The molecule has 1 aromatic carbocycles. The quantitative estimate of drug-likeness (QED) is 0.548. The molecule has 1 fully saturated rings. The Balaban J connectivity index is 1.99. The van der Waals surface area contributed by atoms with Crippen molar-refractivity contribution in [2.75, 3.05) is 31.1 Å². The highest BCUT2D eigenvalue weighted by Crippen LogP contribution is 2.20. The van der Waals surface area contributed by atoms with Crippen LogP contribution < -0.4 is 10.2 Å². The first kappa shape index (κ1) is 21.2. The molecule has 28 heavy (non-hydrogen) atoms. The highest BCUT2D eigenvalue weighted by molar-refractivity contribution is 5.99. The van der Waals surface area contributed by atoms with Gasteiger partial charge in [0.15, 0.2) is 0 Å². The van der Waals surface area contributed by atoms with Crippen LogP contribution in [0, 0.1) is 23.1 Å². The number of para-hydroxylation sites is 1. The molecule has 2 rings (SSSR count). The van der Waals surface area contributed by atoms with Gasteiger partial charge < -0.3 is 20.2 Å². The summed E-state index contributed by atoms with van der Waals surface area (Å²) in [5, 5.41) is 21.0. The largest absolute Gasteiger partial charge is 0.480 e. The lowest BCUT2D eigenvalue weighted by Crippen LogP contribution is -2.45. The SMILES string of the molecule is CC(C)CC(NC(=O)/C(C#N)=C\N1CCN(c2ccccc2F)CC1)C(=O)O. The summed E-state index contributed by atoms with van der Waals surface area (Å²) in [6.45, 7) is 5.84. The lowest BCUT2D eigenvalue weighted by atomic mass is 10.0. The number of benzene rings is 1. The molecule has 1 heterocycles. The molecule has 1 unspecified atom stereocenters. The van der Waals surface area contributed by atoms with E-state index in [0.29, 0.717) is 31.9 Å². The van der Waals surface area contributed by atoms with Crippen molar-refractivity contribution in [1.29, 1.82) is 5.26 Å². The van der Waals surface area contributed by atoms with E-state index in [2.05, 4.69) is 5.32 Å². The van der Waals surface area contributed by atoms with Crippen molar-refractivity contribution in [1.82, 2.24) is 10.2 Å². The van der Waals surface area contributed by atoms with Gasteiger partial charge in [-0.05, 0) is 24.5 Å². The zero-order chi connectivity index (χ0) is 20.7. The zero-order valence-corrected chi connectivity index (χ0v) is 16.1. The second-order valence-corrected chi connectivity index (χ2v) is 7.12. The summed E-state index contributed by atoms with van der Waals surface area (Å²) in [6, 6.07) is 7.35. The van der Waals surface area contributed by atoms with Gasteiger partial charge in [-0.3, -0.25) is 4.79 Å². The molecule has 1 aromatic rings. The van der Waals surface area contributed by atoms with Crippen molar-refractivity contribution in [2.24, 2.45) is 5.92 Å². The van der Waals surface area contributed by atoms with Crippen LogP contribution in [0.5, 0.6) is 0 Å². The molecule has 1 saturated heterocycles. The topological polar surface area (TPSA) is 96.7 Å². The lowest BCUT2D eigenvalue weighted by Gasteiger charge is -2.35. The maximum Gasteiger partial charge on any atom is 0.326 e. The first-order valence-corrected chi connectivity index (χ1v) is 9.21. The Hall–Kier alpha value is -3.08. The van der Waals surface area contributed by atoms with E-state index in [1.54, 1.807) is 18.2 Å². The maximum atomic E-state index is 13.9. The highest BCUT2D eigenvalue weighted by Gasteiger charge is 2.24. The Kier molecular flexibility index (Phi) is 7.38. The number of carboxylic acids is 1. The van der Waals surface area contributed by atoms with E-state index in [1.165, 1.54) is 12.3 Å². The molecule has 0 aromatic heterocycles. The van der Waals surface area contributed by atoms with Gasteiger partial charge in [0.1, 0.15) is 23.5 Å². The number of carbonyl (C=O) groups excluding carboxylic acids is 1. The van der Waals surface area contributed by atoms with Gasteiger partial charge in [0, 0.05) is 32.4 Å². The van der Waals surface area contributed by atoms with E-state index in [9.17, 15) is 24.3 Å².